The summed E-state index contributed by atoms with van der Waals surface area (Å²) in [4.78, 5) is 40.0. The highest BCUT2D eigenvalue weighted by Gasteiger charge is 2.52. The fourth-order valence-electron chi connectivity index (χ4n) is 4.99. The van der Waals surface area contributed by atoms with Gasteiger partial charge in [-0.25, -0.2) is 17.6 Å². The van der Waals surface area contributed by atoms with Gasteiger partial charge in [0.05, 0.1) is 17.1 Å². The molecule has 2 aliphatic heterocycles. The molecule has 0 bridgehead atoms. The smallest absolute Gasteiger partial charge is 0.325 e. The van der Waals surface area contributed by atoms with Crippen LogP contribution in [0.5, 0.6) is 0 Å². The van der Waals surface area contributed by atoms with Gasteiger partial charge in [0.15, 0.2) is 0 Å². The number of nitrogens with zero attached hydrogens (tertiary/aromatic N) is 2. The maximum Gasteiger partial charge on any atom is 0.325 e. The first-order valence-corrected chi connectivity index (χ1v) is 14.4. The third-order valence-electron chi connectivity index (χ3n) is 6.88. The second-order valence-corrected chi connectivity index (χ2v) is 11.9. The molecular formula is C27H33FN4O6S. The molecular weight excluding hydrogens is 527 g/mol. The van der Waals surface area contributed by atoms with Gasteiger partial charge in [0.2, 0.25) is 15.9 Å². The molecule has 0 unspecified atom stereocenters. The molecule has 4 rings (SSSR count). The highest BCUT2D eigenvalue weighted by molar-refractivity contribution is 7.89. The number of hydrogen-bond donors (Lipinski definition) is 2. The van der Waals surface area contributed by atoms with E-state index in [-0.39, 0.29) is 30.2 Å². The van der Waals surface area contributed by atoms with Crippen LogP contribution in [0.1, 0.15) is 45.6 Å². The lowest BCUT2D eigenvalue weighted by atomic mass is 9.85. The first kappa shape index (κ1) is 28.7. The van der Waals surface area contributed by atoms with Crippen LogP contribution in [0, 0.1) is 5.82 Å². The van der Waals surface area contributed by atoms with E-state index < -0.39 is 45.8 Å². The third kappa shape index (κ3) is 5.97. The lowest BCUT2D eigenvalue weighted by molar-refractivity contribution is -0.134. The Balaban J connectivity index is 1.45. The van der Waals surface area contributed by atoms with Gasteiger partial charge in [-0.1, -0.05) is 31.9 Å². The number of amides is 4. The van der Waals surface area contributed by atoms with Crippen LogP contribution >= 0.6 is 0 Å². The summed E-state index contributed by atoms with van der Waals surface area (Å²) in [7, 11) is -3.74. The van der Waals surface area contributed by atoms with E-state index >= 15 is 0 Å². The van der Waals surface area contributed by atoms with Gasteiger partial charge in [-0.3, -0.25) is 14.5 Å². The number of nitrogens with one attached hydrogen (secondary N) is 2. The lowest BCUT2D eigenvalue weighted by Gasteiger charge is -2.34. The number of anilines is 1. The summed E-state index contributed by atoms with van der Waals surface area (Å²) in [5, 5.41) is 5.33. The van der Waals surface area contributed by atoms with Gasteiger partial charge < -0.3 is 15.4 Å². The summed E-state index contributed by atoms with van der Waals surface area (Å²) < 4.78 is 46.6. The highest BCUT2D eigenvalue weighted by atomic mass is 32.2. The fraction of sp³-hybridized carbons (Fsp3) is 0.444. The number of urea groups is 1. The van der Waals surface area contributed by atoms with Crippen molar-refractivity contribution in [3.05, 3.63) is 59.9 Å². The van der Waals surface area contributed by atoms with Crippen LogP contribution in [0.3, 0.4) is 0 Å². The first-order chi connectivity index (χ1) is 18.5. The minimum atomic E-state index is -3.74. The summed E-state index contributed by atoms with van der Waals surface area (Å²) in [6.45, 7) is 5.53. The number of carbonyl (C=O) groups excluding carboxylic acids is 3. The van der Waals surface area contributed by atoms with Crippen LogP contribution in [0.4, 0.5) is 14.9 Å². The van der Waals surface area contributed by atoms with Gasteiger partial charge >= 0.3 is 6.03 Å². The second kappa shape index (κ2) is 11.4. The number of ether oxygens (including phenoxy) is 1. The molecule has 210 valence electrons. The number of rotatable bonds is 9. The van der Waals surface area contributed by atoms with Crippen LogP contribution in [-0.2, 0) is 29.9 Å². The zero-order valence-electron chi connectivity index (χ0n) is 22.1. The van der Waals surface area contributed by atoms with Gasteiger partial charge in [0.1, 0.15) is 17.9 Å². The minimum absolute atomic E-state index is 0.0795. The minimum Gasteiger partial charge on any atom is -0.373 e. The molecule has 0 aliphatic carbocycles. The zero-order valence-corrected chi connectivity index (χ0v) is 23.0. The number of carbonyl (C=O) groups is 3. The van der Waals surface area contributed by atoms with E-state index in [1.54, 1.807) is 0 Å². The summed E-state index contributed by atoms with van der Waals surface area (Å²) in [6.07, 6.45) is 1.24. The van der Waals surface area contributed by atoms with Gasteiger partial charge in [0.25, 0.3) is 5.91 Å². The molecule has 12 heteroatoms. The van der Waals surface area contributed by atoms with Crippen molar-refractivity contribution in [2.24, 2.45) is 0 Å². The molecule has 2 N–H and O–H groups in total. The number of halogens is 1. The molecule has 2 aliphatic rings. The Morgan fingerprint density at radius 1 is 1.08 bits per heavy atom. The van der Waals surface area contributed by atoms with Crippen molar-refractivity contribution in [1.82, 2.24) is 14.5 Å². The van der Waals surface area contributed by atoms with Gasteiger partial charge in [-0.2, -0.15) is 4.31 Å². The maximum atomic E-state index is 13.5. The Hall–Kier alpha value is -3.35. The predicted molar refractivity (Wildman–Crippen MR) is 142 cm³/mol. The number of benzene rings is 2. The quantitative estimate of drug-likeness (QED) is 0.454. The molecule has 2 fully saturated rings. The third-order valence-corrected chi connectivity index (χ3v) is 8.73. The van der Waals surface area contributed by atoms with E-state index in [1.165, 1.54) is 52.8 Å². The molecule has 2 saturated heterocycles. The summed E-state index contributed by atoms with van der Waals surface area (Å²) >= 11 is 0. The first-order valence-electron chi connectivity index (χ1n) is 12.9. The average Bonchev–Trinajstić information content (AvgIpc) is 3.12. The molecule has 0 saturated carbocycles. The van der Waals surface area contributed by atoms with Crippen LogP contribution in [0.25, 0.3) is 0 Å². The Bertz CT molecular complexity index is 1330. The van der Waals surface area contributed by atoms with E-state index in [0.29, 0.717) is 24.1 Å². The van der Waals surface area contributed by atoms with E-state index in [9.17, 15) is 27.2 Å². The van der Waals surface area contributed by atoms with E-state index in [2.05, 4.69) is 10.6 Å². The Labute approximate surface area is 227 Å². The topological polar surface area (TPSA) is 125 Å². The maximum absolute atomic E-state index is 13.5. The molecule has 0 spiro atoms. The standard InChI is InChI=1S/C27H33FN4O6S/c1-4-5-14-27(20-6-8-21(28)9-7-20)25(34)32(26(35)30-27)17-24(33)29-22-10-12-23(13-11-22)39(36,37)31-15-18(2)38-19(3)16-31/h6-13,18-19H,4-5,14-17H2,1-3H3,(H,29,33)(H,30,35)/t18-,19-,27+/m0/s1. The Morgan fingerprint density at radius 3 is 2.28 bits per heavy atom. The van der Waals surface area contributed by atoms with E-state index in [0.717, 1.165) is 11.3 Å². The molecule has 4 amide bonds. The van der Waals surface area contributed by atoms with Crippen molar-refractivity contribution in [2.45, 2.75) is 62.7 Å². The molecule has 0 radical (unpaired) electrons. The molecule has 2 aromatic carbocycles. The molecule has 39 heavy (non-hydrogen) atoms. The average molecular weight is 561 g/mol. The summed E-state index contributed by atoms with van der Waals surface area (Å²) in [5.74, 6) is -1.68. The summed E-state index contributed by atoms with van der Waals surface area (Å²) in [5.41, 5.74) is -0.629. The molecule has 10 nitrogen and oxygen atoms in total. The van der Waals surface area contributed by atoms with E-state index in [4.69, 9.17) is 4.74 Å². The van der Waals surface area contributed by atoms with Crippen molar-refractivity contribution in [3.63, 3.8) is 0 Å². The SMILES string of the molecule is CCCC[C@]1(c2ccc(F)cc2)NC(=O)N(CC(=O)Nc2ccc(S(=O)(=O)N3C[C@H](C)O[C@@H](C)C3)cc2)C1=O. The van der Waals surface area contributed by atoms with Crippen LogP contribution in [-0.4, -0.2) is 67.3 Å². The van der Waals surface area contributed by atoms with Crippen molar-refractivity contribution in [2.75, 3.05) is 25.0 Å². The predicted octanol–water partition coefficient (Wildman–Crippen LogP) is 3.20. The fourth-order valence-corrected chi connectivity index (χ4v) is 6.58. The zero-order chi connectivity index (χ0) is 28.4. The van der Waals surface area contributed by atoms with Crippen molar-refractivity contribution in [1.29, 1.82) is 0 Å². The second-order valence-electron chi connectivity index (χ2n) is 9.99. The monoisotopic (exact) mass is 560 g/mol. The van der Waals surface area contributed by atoms with Crippen LogP contribution < -0.4 is 10.6 Å². The normalized spacial score (nSPS) is 24.1. The number of morpholine rings is 1. The number of unbranched alkanes of at least 4 members (excludes halogenated alkanes) is 1. The number of hydrogen-bond acceptors (Lipinski definition) is 6. The largest absolute Gasteiger partial charge is 0.373 e. The van der Waals surface area contributed by atoms with Gasteiger partial charge in [-0.05, 0) is 62.2 Å². The lowest BCUT2D eigenvalue weighted by Crippen LogP contribution is -2.48. The summed E-state index contributed by atoms with van der Waals surface area (Å²) in [6, 6.07) is 10.3. The number of imide groups is 1. The molecule has 0 aromatic heterocycles. The number of sulfonamides is 1. The van der Waals surface area contributed by atoms with Crippen molar-refractivity contribution < 1.29 is 31.9 Å². The molecule has 2 heterocycles. The van der Waals surface area contributed by atoms with Crippen molar-refractivity contribution in [3.8, 4) is 0 Å². The molecule has 2 aromatic rings. The highest BCUT2D eigenvalue weighted by Crippen LogP contribution is 2.34. The van der Waals surface area contributed by atoms with Gasteiger partial charge in [-0.15, -0.1) is 0 Å². The Morgan fingerprint density at radius 2 is 1.69 bits per heavy atom. The van der Waals surface area contributed by atoms with Crippen LogP contribution in [0.2, 0.25) is 0 Å². The van der Waals surface area contributed by atoms with Gasteiger partial charge in [0, 0.05) is 18.8 Å². The Kier molecular flexibility index (Phi) is 8.38. The molecule has 3 atom stereocenters. The van der Waals surface area contributed by atoms with Crippen molar-refractivity contribution >= 4 is 33.6 Å². The van der Waals surface area contributed by atoms with Crippen LogP contribution in [0.15, 0.2) is 53.4 Å². The van der Waals surface area contributed by atoms with E-state index in [1.807, 2.05) is 20.8 Å².